The quantitative estimate of drug-likeness (QED) is 0.222. The molecule has 5 heteroatoms. The highest BCUT2D eigenvalue weighted by atomic mass is 16.5. The third-order valence-electron chi connectivity index (χ3n) is 3.15. The molecule has 0 saturated carbocycles. The Hall–Kier alpha value is -1.59. The summed E-state index contributed by atoms with van der Waals surface area (Å²) in [7, 11) is 1.69. The number of benzene rings is 1. The van der Waals surface area contributed by atoms with Gasteiger partial charge in [-0.3, -0.25) is 10.4 Å². The number of nitrogens with zero attached hydrogens (tertiary/aromatic N) is 1. The normalized spacial score (nSPS) is 13.1. The molecular weight excluding hydrogens is 252 g/mol. The molecule has 0 aliphatic rings. The standard InChI is InChI=1S/C15H26N4O/c1-13(14-7-4-3-5-8-14)9-11-18-15(19-16)17-10-6-12-20-2/h3-5,7-8,13H,6,9-12,16H2,1-2H3,(H2,17,18,19). The Morgan fingerprint density at radius 3 is 2.75 bits per heavy atom. The Morgan fingerprint density at radius 1 is 1.35 bits per heavy atom. The van der Waals surface area contributed by atoms with Gasteiger partial charge in [-0.25, -0.2) is 5.84 Å². The fourth-order valence-electron chi connectivity index (χ4n) is 1.91. The van der Waals surface area contributed by atoms with Crippen molar-refractivity contribution in [2.45, 2.75) is 25.7 Å². The maximum absolute atomic E-state index is 5.44. The number of nitrogens with two attached hydrogens (primary N) is 1. The van der Waals surface area contributed by atoms with Crippen molar-refractivity contribution in [3.05, 3.63) is 35.9 Å². The summed E-state index contributed by atoms with van der Waals surface area (Å²) in [5, 5.41) is 3.22. The van der Waals surface area contributed by atoms with Gasteiger partial charge in [0.05, 0.1) is 0 Å². The molecule has 0 saturated heterocycles. The number of hydrogen-bond donors (Lipinski definition) is 3. The minimum atomic E-state index is 0.510. The Morgan fingerprint density at radius 2 is 2.10 bits per heavy atom. The molecule has 0 aromatic heterocycles. The van der Waals surface area contributed by atoms with E-state index in [4.69, 9.17) is 10.6 Å². The van der Waals surface area contributed by atoms with Crippen molar-refractivity contribution in [1.29, 1.82) is 0 Å². The Kier molecular flexibility index (Phi) is 8.42. The van der Waals surface area contributed by atoms with E-state index in [1.807, 2.05) is 6.07 Å². The topological polar surface area (TPSA) is 71.7 Å². The molecule has 0 amide bonds. The summed E-state index contributed by atoms with van der Waals surface area (Å²) in [4.78, 5) is 4.34. The number of hydrazine groups is 1. The first kappa shape index (κ1) is 16.5. The van der Waals surface area contributed by atoms with Crippen LogP contribution in [0, 0.1) is 0 Å². The first-order valence-corrected chi connectivity index (χ1v) is 7.06. The van der Waals surface area contributed by atoms with Crippen molar-refractivity contribution in [1.82, 2.24) is 10.7 Å². The molecule has 0 heterocycles. The van der Waals surface area contributed by atoms with Gasteiger partial charge < -0.3 is 10.1 Å². The molecule has 0 aliphatic heterocycles. The van der Waals surface area contributed by atoms with E-state index in [9.17, 15) is 0 Å². The lowest BCUT2D eigenvalue weighted by molar-refractivity contribution is 0.197. The van der Waals surface area contributed by atoms with E-state index < -0.39 is 0 Å². The number of guanidine groups is 1. The Labute approximate surface area is 121 Å². The third kappa shape index (κ3) is 6.54. The van der Waals surface area contributed by atoms with Crippen LogP contribution < -0.4 is 16.6 Å². The highest BCUT2D eigenvalue weighted by molar-refractivity contribution is 5.79. The van der Waals surface area contributed by atoms with Crippen LogP contribution in [0.4, 0.5) is 0 Å². The fraction of sp³-hybridized carbons (Fsp3) is 0.533. The van der Waals surface area contributed by atoms with E-state index in [0.29, 0.717) is 25.0 Å². The van der Waals surface area contributed by atoms with Crippen molar-refractivity contribution in [2.75, 3.05) is 26.8 Å². The molecule has 5 nitrogen and oxygen atoms in total. The molecule has 1 aromatic rings. The highest BCUT2D eigenvalue weighted by Crippen LogP contribution is 2.17. The Bertz CT molecular complexity index is 381. The maximum Gasteiger partial charge on any atom is 0.205 e. The molecule has 0 spiro atoms. The van der Waals surface area contributed by atoms with Crippen LogP contribution in [0.5, 0.6) is 0 Å². The summed E-state index contributed by atoms with van der Waals surface area (Å²) < 4.78 is 4.98. The average Bonchev–Trinajstić information content (AvgIpc) is 2.50. The zero-order chi connectivity index (χ0) is 14.6. The van der Waals surface area contributed by atoms with Crippen molar-refractivity contribution in [3.8, 4) is 0 Å². The molecular formula is C15H26N4O. The second-order valence-electron chi connectivity index (χ2n) is 4.75. The number of hydrogen-bond acceptors (Lipinski definition) is 3. The lowest BCUT2D eigenvalue weighted by atomic mass is 9.98. The minimum Gasteiger partial charge on any atom is -0.385 e. The molecule has 0 aliphatic carbocycles. The van der Waals surface area contributed by atoms with Gasteiger partial charge in [-0.15, -0.1) is 0 Å². The van der Waals surface area contributed by atoms with Gasteiger partial charge in [-0.05, 0) is 24.3 Å². The largest absolute Gasteiger partial charge is 0.385 e. The number of aliphatic imine (C=N–C) groups is 1. The summed E-state index contributed by atoms with van der Waals surface area (Å²) in [5.74, 6) is 6.59. The average molecular weight is 278 g/mol. The van der Waals surface area contributed by atoms with E-state index in [1.165, 1.54) is 5.56 Å². The fourth-order valence-corrected chi connectivity index (χ4v) is 1.91. The van der Waals surface area contributed by atoms with E-state index >= 15 is 0 Å². The van der Waals surface area contributed by atoms with Crippen LogP contribution in [0.3, 0.4) is 0 Å². The third-order valence-corrected chi connectivity index (χ3v) is 3.15. The maximum atomic E-state index is 5.44. The summed E-state index contributed by atoms with van der Waals surface area (Å²) in [6.07, 6.45) is 1.92. The molecule has 1 atom stereocenters. The van der Waals surface area contributed by atoms with Gasteiger partial charge in [0.15, 0.2) is 0 Å². The van der Waals surface area contributed by atoms with Gasteiger partial charge in [0.2, 0.25) is 5.96 Å². The Balaban J connectivity index is 2.27. The van der Waals surface area contributed by atoms with Crippen molar-refractivity contribution in [2.24, 2.45) is 10.8 Å². The smallest absolute Gasteiger partial charge is 0.205 e. The highest BCUT2D eigenvalue weighted by Gasteiger charge is 2.04. The lowest BCUT2D eigenvalue weighted by Gasteiger charge is -2.14. The zero-order valence-corrected chi connectivity index (χ0v) is 12.4. The van der Waals surface area contributed by atoms with Crippen molar-refractivity contribution >= 4 is 5.96 Å². The molecule has 0 fully saturated rings. The summed E-state index contributed by atoms with van der Waals surface area (Å²) in [5.41, 5.74) is 3.95. The van der Waals surface area contributed by atoms with Crippen molar-refractivity contribution in [3.63, 3.8) is 0 Å². The SMILES string of the molecule is COCCCN=C(NN)NCCC(C)c1ccccc1. The van der Waals surface area contributed by atoms with Crippen LogP contribution in [-0.4, -0.2) is 32.8 Å². The summed E-state index contributed by atoms with van der Waals surface area (Å²) >= 11 is 0. The molecule has 112 valence electrons. The zero-order valence-electron chi connectivity index (χ0n) is 12.4. The lowest BCUT2D eigenvalue weighted by Crippen LogP contribution is -2.42. The van der Waals surface area contributed by atoms with Crippen LogP contribution in [0.2, 0.25) is 0 Å². The number of methoxy groups -OCH3 is 1. The first-order valence-electron chi connectivity index (χ1n) is 7.06. The molecule has 4 N–H and O–H groups in total. The van der Waals surface area contributed by atoms with Crippen LogP contribution in [0.25, 0.3) is 0 Å². The van der Waals surface area contributed by atoms with Crippen LogP contribution >= 0.6 is 0 Å². The van der Waals surface area contributed by atoms with Crippen LogP contribution in [0.1, 0.15) is 31.2 Å². The molecule has 1 rings (SSSR count). The van der Waals surface area contributed by atoms with Crippen LogP contribution in [0.15, 0.2) is 35.3 Å². The minimum absolute atomic E-state index is 0.510. The van der Waals surface area contributed by atoms with Gasteiger partial charge in [0.1, 0.15) is 0 Å². The summed E-state index contributed by atoms with van der Waals surface area (Å²) in [6, 6.07) is 10.5. The van der Waals surface area contributed by atoms with E-state index in [1.54, 1.807) is 7.11 Å². The van der Waals surface area contributed by atoms with Gasteiger partial charge >= 0.3 is 0 Å². The predicted molar refractivity (Wildman–Crippen MR) is 83.6 cm³/mol. The van der Waals surface area contributed by atoms with Gasteiger partial charge in [-0.2, -0.15) is 0 Å². The second-order valence-corrected chi connectivity index (χ2v) is 4.75. The second kappa shape index (κ2) is 10.2. The van der Waals surface area contributed by atoms with E-state index in [2.05, 4.69) is 46.9 Å². The van der Waals surface area contributed by atoms with Gasteiger partial charge in [0.25, 0.3) is 0 Å². The van der Waals surface area contributed by atoms with Crippen molar-refractivity contribution < 1.29 is 4.74 Å². The van der Waals surface area contributed by atoms with Gasteiger partial charge in [-0.1, -0.05) is 37.3 Å². The number of rotatable bonds is 8. The number of nitrogens with one attached hydrogen (secondary N) is 2. The summed E-state index contributed by atoms with van der Waals surface area (Å²) in [6.45, 7) is 4.48. The van der Waals surface area contributed by atoms with E-state index in [-0.39, 0.29) is 0 Å². The first-order chi connectivity index (χ1) is 9.77. The molecule has 1 unspecified atom stereocenters. The number of ether oxygens (including phenoxy) is 1. The van der Waals surface area contributed by atoms with Crippen LogP contribution in [-0.2, 0) is 4.74 Å². The molecule has 20 heavy (non-hydrogen) atoms. The molecule has 0 bridgehead atoms. The predicted octanol–water partition coefficient (Wildman–Crippen LogP) is 1.63. The molecule has 1 aromatic carbocycles. The monoisotopic (exact) mass is 278 g/mol. The van der Waals surface area contributed by atoms with Gasteiger partial charge in [0, 0.05) is 26.8 Å². The molecule has 0 radical (unpaired) electrons. The van der Waals surface area contributed by atoms with E-state index in [0.717, 1.165) is 19.4 Å².